The second-order valence-electron chi connectivity index (χ2n) is 9.49. The van der Waals surface area contributed by atoms with Gasteiger partial charge in [-0.05, 0) is 35.7 Å². The second-order valence-corrected chi connectivity index (χ2v) is 9.49. The van der Waals surface area contributed by atoms with E-state index in [1.54, 1.807) is 42.5 Å². The van der Waals surface area contributed by atoms with Crippen molar-refractivity contribution in [3.63, 3.8) is 0 Å². The van der Waals surface area contributed by atoms with E-state index < -0.39 is 35.3 Å². The first-order chi connectivity index (χ1) is 18.0. The molecule has 8 nitrogen and oxygen atoms in total. The number of nitrogens with one attached hydrogen (secondary N) is 1. The number of anilines is 1. The van der Waals surface area contributed by atoms with Crippen LogP contribution in [0.1, 0.15) is 22.7 Å². The largest absolute Gasteiger partial charge is 0.486 e. The van der Waals surface area contributed by atoms with E-state index in [0.717, 1.165) is 11.1 Å². The molecule has 1 N–H and O–H groups in total. The molecule has 0 spiro atoms. The summed E-state index contributed by atoms with van der Waals surface area (Å²) in [5.74, 6) is -2.29. The number of hydrogen-bond acceptors (Lipinski definition) is 7. The molecule has 0 aliphatic carbocycles. The molecule has 3 heterocycles. The Morgan fingerprint density at radius 1 is 0.946 bits per heavy atom. The fourth-order valence-corrected chi connectivity index (χ4v) is 5.97. The lowest BCUT2D eigenvalue weighted by Gasteiger charge is -2.33. The van der Waals surface area contributed by atoms with Crippen molar-refractivity contribution in [3.8, 4) is 11.5 Å². The number of benzene rings is 3. The summed E-state index contributed by atoms with van der Waals surface area (Å²) in [5.41, 5.74) is 1.19. The molecular weight excluding hydrogens is 472 g/mol. The molecule has 0 unspecified atom stereocenters. The van der Waals surface area contributed by atoms with Gasteiger partial charge in [-0.3, -0.25) is 14.9 Å². The van der Waals surface area contributed by atoms with Crippen LogP contribution >= 0.6 is 0 Å². The molecule has 0 saturated carbocycles. The smallest absolute Gasteiger partial charge is 0.331 e. The first-order valence-corrected chi connectivity index (χ1v) is 12.2. The molecule has 3 aromatic rings. The van der Waals surface area contributed by atoms with Crippen LogP contribution < -0.4 is 19.7 Å². The first kappa shape index (κ1) is 23.2. The van der Waals surface area contributed by atoms with Crippen molar-refractivity contribution < 1.29 is 28.6 Å². The summed E-state index contributed by atoms with van der Waals surface area (Å²) in [6.07, 6.45) is 0. The Kier molecular flexibility index (Phi) is 5.49. The average Bonchev–Trinajstić information content (AvgIpc) is 3.42. The highest BCUT2D eigenvalue weighted by Gasteiger charge is 2.69. The van der Waals surface area contributed by atoms with E-state index in [4.69, 9.17) is 14.2 Å². The molecule has 0 radical (unpaired) electrons. The molecule has 37 heavy (non-hydrogen) atoms. The van der Waals surface area contributed by atoms with Gasteiger partial charge in [0, 0.05) is 12.1 Å². The van der Waals surface area contributed by atoms with Crippen LogP contribution in [0.2, 0.25) is 0 Å². The minimum Gasteiger partial charge on any atom is -0.486 e. The zero-order valence-electron chi connectivity index (χ0n) is 20.5. The van der Waals surface area contributed by atoms with Gasteiger partial charge >= 0.3 is 5.97 Å². The summed E-state index contributed by atoms with van der Waals surface area (Å²) in [4.78, 5) is 43.2. The predicted molar refractivity (Wildman–Crippen MR) is 134 cm³/mol. The zero-order valence-corrected chi connectivity index (χ0v) is 20.5. The molecule has 2 amide bonds. The van der Waals surface area contributed by atoms with Crippen molar-refractivity contribution in [3.05, 3.63) is 89.5 Å². The third-order valence-electron chi connectivity index (χ3n) is 7.60. The summed E-state index contributed by atoms with van der Waals surface area (Å²) in [6.45, 7) is 2.76. The summed E-state index contributed by atoms with van der Waals surface area (Å²) in [5, 5.41) is 3.43. The Labute approximate surface area is 214 Å². The number of esters is 1. The van der Waals surface area contributed by atoms with Crippen LogP contribution in [0.4, 0.5) is 5.69 Å². The second kappa shape index (κ2) is 8.74. The highest BCUT2D eigenvalue weighted by atomic mass is 16.6. The predicted octanol–water partition coefficient (Wildman–Crippen LogP) is 3.28. The molecule has 6 rings (SSSR count). The summed E-state index contributed by atoms with van der Waals surface area (Å²) < 4.78 is 16.6. The SMILES string of the molecule is COC(=O)[C@@]1(c2ccccc2)N[C@@H](c2ccccc2C)[C@H]2C(=O)N(c3ccc4c(c3)OCCO4)C(=O)[C@H]21. The van der Waals surface area contributed by atoms with Crippen LogP contribution in [0.25, 0.3) is 0 Å². The van der Waals surface area contributed by atoms with E-state index in [-0.39, 0.29) is 5.91 Å². The average molecular weight is 499 g/mol. The molecule has 0 aromatic heterocycles. The van der Waals surface area contributed by atoms with E-state index in [1.165, 1.54) is 12.0 Å². The lowest BCUT2D eigenvalue weighted by molar-refractivity contribution is -0.152. The normalized spacial score (nSPS) is 26.2. The van der Waals surface area contributed by atoms with Crippen LogP contribution in [0, 0.1) is 18.8 Å². The molecular formula is C29H26N2O6. The Morgan fingerprint density at radius 2 is 1.65 bits per heavy atom. The number of rotatable bonds is 4. The number of amides is 2. The molecule has 3 aliphatic heterocycles. The number of nitrogens with zero attached hydrogens (tertiary/aromatic N) is 1. The van der Waals surface area contributed by atoms with Crippen molar-refractivity contribution in [2.24, 2.45) is 11.8 Å². The van der Waals surface area contributed by atoms with Crippen LogP contribution in [0.15, 0.2) is 72.8 Å². The van der Waals surface area contributed by atoms with Crippen LogP contribution in [0.3, 0.4) is 0 Å². The standard InChI is InChI=1S/C29H26N2O6/c1-17-8-6-7-11-20(17)25-23-24(29(30-25,28(34)35-2)18-9-4-3-5-10-18)27(33)31(26(23)32)19-12-13-21-22(16-19)37-15-14-36-21/h3-13,16,23-25,30H,14-15H2,1-2H3/t23-,24-,25-,29-/m0/s1. The van der Waals surface area contributed by atoms with Gasteiger partial charge < -0.3 is 14.2 Å². The molecule has 3 aliphatic rings. The van der Waals surface area contributed by atoms with E-state index >= 15 is 0 Å². The molecule has 4 atom stereocenters. The van der Waals surface area contributed by atoms with Gasteiger partial charge in [0.15, 0.2) is 17.0 Å². The minimum absolute atomic E-state index is 0.377. The number of hydrogen-bond donors (Lipinski definition) is 1. The van der Waals surface area contributed by atoms with E-state index in [2.05, 4.69) is 5.32 Å². The van der Waals surface area contributed by atoms with Gasteiger partial charge in [-0.1, -0.05) is 54.6 Å². The number of fused-ring (bicyclic) bond motifs is 2. The van der Waals surface area contributed by atoms with Crippen molar-refractivity contribution in [1.29, 1.82) is 0 Å². The van der Waals surface area contributed by atoms with Gasteiger partial charge in [0.05, 0.1) is 24.6 Å². The third-order valence-corrected chi connectivity index (χ3v) is 7.60. The first-order valence-electron chi connectivity index (χ1n) is 12.2. The molecule has 188 valence electrons. The lowest BCUT2D eigenvalue weighted by atomic mass is 9.75. The minimum atomic E-state index is -1.55. The maximum Gasteiger partial charge on any atom is 0.331 e. The lowest BCUT2D eigenvalue weighted by Crippen LogP contribution is -2.53. The van der Waals surface area contributed by atoms with Crippen molar-refractivity contribution in [2.75, 3.05) is 25.2 Å². The highest BCUT2D eigenvalue weighted by Crippen LogP contribution is 2.54. The summed E-state index contributed by atoms with van der Waals surface area (Å²) in [7, 11) is 1.30. The summed E-state index contributed by atoms with van der Waals surface area (Å²) in [6, 6.07) is 21.1. The van der Waals surface area contributed by atoms with Gasteiger partial charge in [-0.15, -0.1) is 0 Å². The maximum atomic E-state index is 14.2. The molecule has 2 fully saturated rings. The number of carbonyl (C=O) groups is 3. The van der Waals surface area contributed by atoms with E-state index in [9.17, 15) is 14.4 Å². The number of imide groups is 1. The third kappa shape index (κ3) is 3.36. The van der Waals surface area contributed by atoms with Gasteiger partial charge in [0.1, 0.15) is 13.2 Å². The van der Waals surface area contributed by atoms with E-state index in [1.807, 2.05) is 37.3 Å². The van der Waals surface area contributed by atoms with Gasteiger partial charge in [-0.25, -0.2) is 9.69 Å². The topological polar surface area (TPSA) is 94.2 Å². The van der Waals surface area contributed by atoms with Crippen LogP contribution in [-0.2, 0) is 24.7 Å². The Bertz CT molecular complexity index is 1410. The Hall–Kier alpha value is -4.17. The van der Waals surface area contributed by atoms with Crippen LogP contribution in [0.5, 0.6) is 11.5 Å². The van der Waals surface area contributed by atoms with E-state index in [0.29, 0.717) is 36.0 Å². The van der Waals surface area contributed by atoms with Crippen LogP contribution in [-0.4, -0.2) is 38.1 Å². The van der Waals surface area contributed by atoms with Crippen molar-refractivity contribution in [1.82, 2.24) is 5.32 Å². The highest BCUT2D eigenvalue weighted by molar-refractivity contribution is 6.24. The number of methoxy groups -OCH3 is 1. The quantitative estimate of drug-likeness (QED) is 0.436. The molecule has 0 bridgehead atoms. The fourth-order valence-electron chi connectivity index (χ4n) is 5.97. The number of ether oxygens (including phenoxy) is 3. The Morgan fingerprint density at radius 3 is 2.38 bits per heavy atom. The van der Waals surface area contributed by atoms with Crippen molar-refractivity contribution in [2.45, 2.75) is 18.5 Å². The fraction of sp³-hybridized carbons (Fsp3) is 0.276. The Balaban J connectivity index is 1.54. The van der Waals surface area contributed by atoms with Gasteiger partial charge in [0.25, 0.3) is 0 Å². The number of carbonyl (C=O) groups excluding carboxylic acids is 3. The summed E-state index contributed by atoms with van der Waals surface area (Å²) >= 11 is 0. The zero-order chi connectivity index (χ0) is 25.7. The number of aryl methyl sites for hydroxylation is 1. The van der Waals surface area contributed by atoms with Gasteiger partial charge in [0.2, 0.25) is 11.8 Å². The molecule has 3 aromatic carbocycles. The van der Waals surface area contributed by atoms with Gasteiger partial charge in [-0.2, -0.15) is 0 Å². The molecule has 8 heteroatoms. The maximum absolute atomic E-state index is 14.2. The molecule has 2 saturated heterocycles. The van der Waals surface area contributed by atoms with Crippen molar-refractivity contribution >= 4 is 23.5 Å². The monoisotopic (exact) mass is 498 g/mol.